The van der Waals surface area contributed by atoms with Crippen molar-refractivity contribution < 1.29 is 46.1 Å². The van der Waals surface area contributed by atoms with Gasteiger partial charge >= 0.3 is 24.3 Å². The predicted molar refractivity (Wildman–Crippen MR) is 113 cm³/mol. The summed E-state index contributed by atoms with van der Waals surface area (Å²) in [7, 11) is 0. The molecule has 5 fully saturated rings. The number of carboxylic acid groups (broad SMARTS) is 2. The Bertz CT molecular complexity index is 881. The van der Waals surface area contributed by atoms with Gasteiger partial charge in [-0.25, -0.2) is 14.6 Å². The van der Waals surface area contributed by atoms with Crippen LogP contribution in [0.5, 0.6) is 0 Å². The highest BCUT2D eigenvalue weighted by atomic mass is 127. The highest BCUT2D eigenvalue weighted by Gasteiger charge is 2.71. The Kier molecular flexibility index (Phi) is 7.49. The SMILES string of the molecule is Ic1cn(C23CC(N4CCNCC4)(C2)C3)c(C2CC2)n1.O=C(O)C(F)(F)F.O=C(O)C(F)(F)F. The molecule has 1 aliphatic heterocycles. The van der Waals surface area contributed by atoms with E-state index in [0.717, 1.165) is 5.92 Å². The molecule has 0 amide bonds. The van der Waals surface area contributed by atoms with Crippen LogP contribution in [-0.2, 0) is 15.1 Å². The molecule has 4 aliphatic carbocycles. The van der Waals surface area contributed by atoms with Gasteiger partial charge in [0, 0.05) is 43.8 Å². The Hall–Kier alpha value is -1.62. The Morgan fingerprint density at radius 1 is 0.971 bits per heavy atom. The normalized spacial score (nSPS) is 28.3. The number of imidazole rings is 1. The zero-order valence-corrected chi connectivity index (χ0v) is 19.9. The number of nitrogens with one attached hydrogen (secondary N) is 1. The lowest BCUT2D eigenvalue weighted by Gasteiger charge is -2.74. The largest absolute Gasteiger partial charge is 0.490 e. The molecule has 4 saturated carbocycles. The molecule has 0 aromatic carbocycles. The van der Waals surface area contributed by atoms with Gasteiger partial charge in [0.05, 0.1) is 5.54 Å². The van der Waals surface area contributed by atoms with E-state index in [4.69, 9.17) is 24.8 Å². The van der Waals surface area contributed by atoms with Crippen LogP contribution >= 0.6 is 22.6 Å². The molecule has 2 bridgehead atoms. The molecule has 0 atom stereocenters. The number of halogens is 7. The number of carbonyl (C=O) groups is 2. The van der Waals surface area contributed by atoms with Gasteiger partial charge in [-0.2, -0.15) is 26.3 Å². The molecule has 192 valence electrons. The van der Waals surface area contributed by atoms with Crippen LogP contribution in [0, 0.1) is 3.70 Å². The van der Waals surface area contributed by atoms with Crippen molar-refractivity contribution in [2.75, 3.05) is 26.2 Å². The van der Waals surface area contributed by atoms with Crippen LogP contribution in [0.3, 0.4) is 0 Å². The number of piperazine rings is 1. The van der Waals surface area contributed by atoms with Crippen molar-refractivity contribution in [1.29, 1.82) is 0 Å². The van der Waals surface area contributed by atoms with E-state index in [9.17, 15) is 26.3 Å². The Morgan fingerprint density at radius 2 is 1.41 bits per heavy atom. The van der Waals surface area contributed by atoms with E-state index in [1.807, 2.05) is 0 Å². The molecule has 0 radical (unpaired) electrons. The summed E-state index contributed by atoms with van der Waals surface area (Å²) in [6, 6.07) is 0. The van der Waals surface area contributed by atoms with Gasteiger partial charge in [0.1, 0.15) is 9.53 Å². The maximum absolute atomic E-state index is 10.6. The molecule has 5 aliphatic rings. The summed E-state index contributed by atoms with van der Waals surface area (Å²) in [6.07, 6.45) is -1.04. The van der Waals surface area contributed by atoms with E-state index in [1.54, 1.807) is 0 Å². The lowest BCUT2D eigenvalue weighted by Crippen LogP contribution is -2.80. The Labute approximate surface area is 203 Å². The fourth-order valence-electron chi connectivity index (χ4n) is 4.79. The van der Waals surface area contributed by atoms with Crippen LogP contribution in [0.4, 0.5) is 26.3 Å². The number of alkyl halides is 6. The summed E-state index contributed by atoms with van der Waals surface area (Å²) in [5, 5.41) is 17.7. The summed E-state index contributed by atoms with van der Waals surface area (Å²) in [4.78, 5) is 25.4. The van der Waals surface area contributed by atoms with Crippen molar-refractivity contribution >= 4 is 34.5 Å². The lowest BCUT2D eigenvalue weighted by molar-refractivity contribution is -0.209. The number of rotatable bonds is 3. The third-order valence-corrected chi connectivity index (χ3v) is 6.92. The van der Waals surface area contributed by atoms with E-state index in [2.05, 4.69) is 43.6 Å². The van der Waals surface area contributed by atoms with Gasteiger partial charge in [0.2, 0.25) is 0 Å². The molecule has 1 aromatic rings. The molecule has 6 rings (SSSR count). The maximum Gasteiger partial charge on any atom is 0.490 e. The standard InChI is InChI=1S/C15H21IN4.2C2HF3O2/c16-12-7-20(13(18-12)11-1-2-11)15-8-14(9-15,10-15)19-5-3-17-4-6-19;2*3-2(4,5)1(6)7/h7,11,17H,1-6,8-10H2;2*(H,6,7). The molecule has 34 heavy (non-hydrogen) atoms. The van der Waals surface area contributed by atoms with Gasteiger partial charge in [-0.3, -0.25) is 4.90 Å². The first-order chi connectivity index (χ1) is 15.6. The van der Waals surface area contributed by atoms with Crippen LogP contribution in [0.15, 0.2) is 6.20 Å². The third-order valence-electron chi connectivity index (χ3n) is 6.40. The number of aromatic nitrogens is 2. The number of carboxylic acids is 2. The first-order valence-electron chi connectivity index (χ1n) is 10.4. The monoisotopic (exact) mass is 612 g/mol. The molecule has 0 unspecified atom stereocenters. The average molecular weight is 612 g/mol. The first kappa shape index (κ1) is 27.0. The van der Waals surface area contributed by atoms with Crippen molar-refractivity contribution in [3.63, 3.8) is 0 Å². The van der Waals surface area contributed by atoms with Crippen molar-refractivity contribution in [1.82, 2.24) is 19.8 Å². The lowest BCUT2D eigenvalue weighted by atomic mass is 9.43. The van der Waals surface area contributed by atoms with Crippen molar-refractivity contribution in [2.24, 2.45) is 0 Å². The summed E-state index contributed by atoms with van der Waals surface area (Å²) in [5.74, 6) is -3.36. The smallest absolute Gasteiger partial charge is 0.475 e. The second kappa shape index (κ2) is 9.44. The molecule has 15 heteroatoms. The molecular formula is C19H23F6IN4O4. The second-order valence-corrected chi connectivity index (χ2v) is 9.99. The van der Waals surface area contributed by atoms with Crippen LogP contribution < -0.4 is 5.32 Å². The fourth-order valence-corrected chi connectivity index (χ4v) is 5.31. The minimum absolute atomic E-state index is 0.444. The van der Waals surface area contributed by atoms with E-state index in [-0.39, 0.29) is 0 Å². The van der Waals surface area contributed by atoms with Crippen molar-refractivity contribution in [2.45, 2.75) is 61.5 Å². The number of hydrogen-bond acceptors (Lipinski definition) is 5. The van der Waals surface area contributed by atoms with Crippen LogP contribution in [0.25, 0.3) is 0 Å². The molecule has 1 aromatic heterocycles. The van der Waals surface area contributed by atoms with E-state index < -0.39 is 24.3 Å². The van der Waals surface area contributed by atoms with Crippen molar-refractivity contribution in [3.05, 3.63) is 15.7 Å². The van der Waals surface area contributed by atoms with Crippen LogP contribution in [0.2, 0.25) is 0 Å². The molecule has 3 N–H and O–H groups in total. The van der Waals surface area contributed by atoms with Crippen molar-refractivity contribution in [3.8, 4) is 0 Å². The fraction of sp³-hybridized carbons (Fsp3) is 0.737. The first-order valence-corrected chi connectivity index (χ1v) is 11.5. The van der Waals surface area contributed by atoms with E-state index >= 15 is 0 Å². The highest BCUT2D eigenvalue weighted by molar-refractivity contribution is 14.1. The second-order valence-electron chi connectivity index (χ2n) is 8.89. The topological polar surface area (TPSA) is 108 Å². The van der Waals surface area contributed by atoms with Gasteiger partial charge in [0.15, 0.2) is 0 Å². The van der Waals surface area contributed by atoms with Gasteiger partial charge in [0.25, 0.3) is 0 Å². The maximum atomic E-state index is 10.6. The van der Waals surface area contributed by atoms with E-state index in [0.29, 0.717) is 11.1 Å². The Balaban J connectivity index is 0.000000194. The zero-order valence-electron chi connectivity index (χ0n) is 17.7. The number of nitrogens with zero attached hydrogens (tertiary/aromatic N) is 3. The number of aliphatic carboxylic acids is 2. The summed E-state index contributed by atoms with van der Waals surface area (Å²) in [5.41, 5.74) is 0.998. The molecule has 1 saturated heterocycles. The molecule has 2 heterocycles. The van der Waals surface area contributed by atoms with Crippen LogP contribution in [0.1, 0.15) is 43.8 Å². The van der Waals surface area contributed by atoms with Crippen LogP contribution in [-0.4, -0.2) is 80.7 Å². The summed E-state index contributed by atoms with van der Waals surface area (Å²) in [6.45, 7) is 4.83. The zero-order chi connectivity index (χ0) is 25.5. The number of hydrogen-bond donors (Lipinski definition) is 3. The van der Waals surface area contributed by atoms with Gasteiger partial charge in [-0.1, -0.05) is 0 Å². The quantitative estimate of drug-likeness (QED) is 0.356. The molecule has 8 nitrogen and oxygen atoms in total. The van der Waals surface area contributed by atoms with Gasteiger partial charge in [-0.05, 0) is 54.7 Å². The Morgan fingerprint density at radius 3 is 1.79 bits per heavy atom. The summed E-state index contributed by atoms with van der Waals surface area (Å²) < 4.78 is 67.2. The molecular weight excluding hydrogens is 589 g/mol. The molecule has 0 spiro atoms. The summed E-state index contributed by atoms with van der Waals surface area (Å²) >= 11 is 2.38. The predicted octanol–water partition coefficient (Wildman–Crippen LogP) is 3.17. The third kappa shape index (κ3) is 5.78. The average Bonchev–Trinajstić information content (AvgIpc) is 3.43. The van der Waals surface area contributed by atoms with E-state index in [1.165, 1.54) is 67.8 Å². The van der Waals surface area contributed by atoms with Gasteiger partial charge < -0.3 is 20.1 Å². The minimum Gasteiger partial charge on any atom is -0.475 e. The van der Waals surface area contributed by atoms with Gasteiger partial charge in [-0.15, -0.1) is 0 Å². The minimum atomic E-state index is -5.08. The highest BCUT2D eigenvalue weighted by Crippen LogP contribution is 2.68.